The van der Waals surface area contributed by atoms with Gasteiger partial charge in [-0.1, -0.05) is 68.2 Å². The molecule has 1 saturated heterocycles. The fourth-order valence-corrected chi connectivity index (χ4v) is 5.03. The van der Waals surface area contributed by atoms with Crippen molar-refractivity contribution in [2.24, 2.45) is 0 Å². The van der Waals surface area contributed by atoms with E-state index in [2.05, 4.69) is 26.0 Å². The number of benzene rings is 3. The molecule has 3 aromatic rings. The standard InChI is InChI=1S/C29H27NO5S2/c1-3-19(2)21-9-13-25(14-10-21)35-16-15-34-24-11-7-20(8-12-24)17-26-27(31)30(29(36)37-26)23-6-4-5-22(18-23)28(32)33/h4-14,17-19H,3,15-16H2,1-2H3,(H,32,33)/b26-17-/t19-/m1/s1. The number of rotatable bonds is 10. The summed E-state index contributed by atoms with van der Waals surface area (Å²) in [5.41, 5.74) is 2.66. The highest BCUT2D eigenvalue weighted by molar-refractivity contribution is 8.27. The Labute approximate surface area is 225 Å². The van der Waals surface area contributed by atoms with Crippen molar-refractivity contribution in [1.29, 1.82) is 0 Å². The fraction of sp³-hybridized carbons (Fsp3) is 0.207. The first-order valence-corrected chi connectivity index (χ1v) is 13.1. The van der Waals surface area contributed by atoms with E-state index in [1.54, 1.807) is 18.2 Å². The number of amides is 1. The van der Waals surface area contributed by atoms with Gasteiger partial charge in [0.15, 0.2) is 4.32 Å². The molecule has 1 atom stereocenters. The zero-order valence-corrected chi connectivity index (χ0v) is 22.2. The van der Waals surface area contributed by atoms with Crippen LogP contribution in [0, 0.1) is 0 Å². The minimum Gasteiger partial charge on any atom is -0.490 e. The summed E-state index contributed by atoms with van der Waals surface area (Å²) in [6, 6.07) is 21.7. The van der Waals surface area contributed by atoms with Crippen molar-refractivity contribution in [2.75, 3.05) is 18.1 Å². The molecule has 1 heterocycles. The fourth-order valence-electron chi connectivity index (χ4n) is 3.73. The highest BCUT2D eigenvalue weighted by atomic mass is 32.2. The molecule has 1 aliphatic heterocycles. The third-order valence-corrected chi connectivity index (χ3v) is 7.31. The van der Waals surface area contributed by atoms with E-state index in [0.29, 0.717) is 39.8 Å². The number of hydrogen-bond acceptors (Lipinski definition) is 6. The summed E-state index contributed by atoms with van der Waals surface area (Å²) in [6.07, 6.45) is 2.87. The lowest BCUT2D eigenvalue weighted by Crippen LogP contribution is -2.27. The summed E-state index contributed by atoms with van der Waals surface area (Å²) in [4.78, 5) is 26.1. The van der Waals surface area contributed by atoms with Crippen LogP contribution in [-0.2, 0) is 4.79 Å². The first kappa shape index (κ1) is 26.4. The van der Waals surface area contributed by atoms with E-state index in [1.165, 1.54) is 34.4 Å². The summed E-state index contributed by atoms with van der Waals surface area (Å²) < 4.78 is 11.9. The van der Waals surface area contributed by atoms with Crippen LogP contribution in [0.5, 0.6) is 11.5 Å². The molecular weight excluding hydrogens is 506 g/mol. The van der Waals surface area contributed by atoms with E-state index < -0.39 is 5.97 Å². The third kappa shape index (κ3) is 6.58. The molecule has 0 aromatic heterocycles. The number of carboxylic acid groups (broad SMARTS) is 1. The number of hydrogen-bond donors (Lipinski definition) is 1. The zero-order chi connectivity index (χ0) is 26.4. The van der Waals surface area contributed by atoms with Gasteiger partial charge in [-0.2, -0.15) is 0 Å². The van der Waals surface area contributed by atoms with Crippen LogP contribution >= 0.6 is 24.0 Å². The van der Waals surface area contributed by atoms with Crippen molar-refractivity contribution in [1.82, 2.24) is 0 Å². The summed E-state index contributed by atoms with van der Waals surface area (Å²) >= 11 is 6.57. The second-order valence-corrected chi connectivity index (χ2v) is 10.2. The van der Waals surface area contributed by atoms with Crippen molar-refractivity contribution in [3.05, 3.63) is 94.4 Å². The van der Waals surface area contributed by atoms with Crippen LogP contribution in [0.1, 0.15) is 47.7 Å². The molecule has 1 N–H and O–H groups in total. The van der Waals surface area contributed by atoms with Crippen molar-refractivity contribution in [3.8, 4) is 11.5 Å². The van der Waals surface area contributed by atoms with Gasteiger partial charge in [0.1, 0.15) is 24.7 Å². The van der Waals surface area contributed by atoms with Crippen LogP contribution in [0.4, 0.5) is 5.69 Å². The average Bonchev–Trinajstić information content (AvgIpc) is 3.19. The molecule has 8 heteroatoms. The van der Waals surface area contributed by atoms with Gasteiger partial charge in [-0.25, -0.2) is 4.79 Å². The maximum Gasteiger partial charge on any atom is 0.335 e. The lowest BCUT2D eigenvalue weighted by atomic mass is 9.99. The Morgan fingerprint density at radius 2 is 1.65 bits per heavy atom. The Kier molecular flexibility index (Phi) is 8.63. The quantitative estimate of drug-likeness (QED) is 0.175. The zero-order valence-electron chi connectivity index (χ0n) is 20.5. The molecule has 4 rings (SSSR count). The summed E-state index contributed by atoms with van der Waals surface area (Å²) in [5, 5.41) is 9.24. The van der Waals surface area contributed by atoms with Crippen molar-refractivity contribution < 1.29 is 24.2 Å². The van der Waals surface area contributed by atoms with Crippen molar-refractivity contribution >= 4 is 51.9 Å². The van der Waals surface area contributed by atoms with Gasteiger partial charge in [-0.15, -0.1) is 0 Å². The Morgan fingerprint density at radius 3 is 2.24 bits per heavy atom. The number of nitrogens with zero attached hydrogens (tertiary/aromatic N) is 1. The van der Waals surface area contributed by atoms with Crippen LogP contribution in [0.25, 0.3) is 6.08 Å². The van der Waals surface area contributed by atoms with Crippen LogP contribution in [0.3, 0.4) is 0 Å². The van der Waals surface area contributed by atoms with E-state index in [0.717, 1.165) is 17.7 Å². The lowest BCUT2D eigenvalue weighted by Gasteiger charge is -2.14. The molecule has 190 valence electrons. The Morgan fingerprint density at radius 1 is 1.03 bits per heavy atom. The number of anilines is 1. The highest BCUT2D eigenvalue weighted by Crippen LogP contribution is 2.36. The Balaban J connectivity index is 1.31. The molecule has 0 aliphatic carbocycles. The van der Waals surface area contributed by atoms with E-state index >= 15 is 0 Å². The number of carboxylic acids is 1. The predicted octanol–water partition coefficient (Wildman–Crippen LogP) is 6.76. The van der Waals surface area contributed by atoms with E-state index in [1.807, 2.05) is 36.4 Å². The van der Waals surface area contributed by atoms with Crippen LogP contribution in [0.15, 0.2) is 77.7 Å². The van der Waals surface area contributed by atoms with Gasteiger partial charge in [0.05, 0.1) is 16.2 Å². The number of carbonyl (C=O) groups is 2. The molecule has 6 nitrogen and oxygen atoms in total. The number of ether oxygens (including phenoxy) is 2. The smallest absolute Gasteiger partial charge is 0.335 e. The van der Waals surface area contributed by atoms with E-state index in [9.17, 15) is 14.7 Å². The predicted molar refractivity (Wildman–Crippen MR) is 152 cm³/mol. The third-order valence-electron chi connectivity index (χ3n) is 6.01. The Hall–Kier alpha value is -3.62. The number of thiocarbonyl (C=S) groups is 1. The number of aromatic carboxylic acids is 1. The van der Waals surface area contributed by atoms with Gasteiger partial charge in [0.25, 0.3) is 5.91 Å². The van der Waals surface area contributed by atoms with Crippen LogP contribution < -0.4 is 14.4 Å². The summed E-state index contributed by atoms with van der Waals surface area (Å²) in [6.45, 7) is 5.22. The van der Waals surface area contributed by atoms with Gasteiger partial charge in [-0.3, -0.25) is 9.69 Å². The van der Waals surface area contributed by atoms with Crippen molar-refractivity contribution in [2.45, 2.75) is 26.2 Å². The second-order valence-electron chi connectivity index (χ2n) is 8.52. The molecule has 0 bridgehead atoms. The highest BCUT2D eigenvalue weighted by Gasteiger charge is 2.33. The van der Waals surface area contributed by atoms with E-state index in [4.69, 9.17) is 21.7 Å². The molecule has 0 radical (unpaired) electrons. The minimum atomic E-state index is -1.06. The maximum atomic E-state index is 13.0. The minimum absolute atomic E-state index is 0.0935. The number of thioether (sulfide) groups is 1. The maximum absolute atomic E-state index is 13.0. The first-order valence-electron chi connectivity index (χ1n) is 11.9. The molecule has 1 fully saturated rings. The summed E-state index contributed by atoms with van der Waals surface area (Å²) in [5.74, 6) is 0.705. The molecule has 3 aromatic carbocycles. The average molecular weight is 534 g/mol. The van der Waals surface area contributed by atoms with Crippen LogP contribution in [0.2, 0.25) is 0 Å². The molecule has 0 saturated carbocycles. The molecule has 37 heavy (non-hydrogen) atoms. The van der Waals surface area contributed by atoms with Gasteiger partial charge < -0.3 is 14.6 Å². The molecule has 0 unspecified atom stereocenters. The number of carbonyl (C=O) groups excluding carboxylic acids is 1. The van der Waals surface area contributed by atoms with E-state index in [-0.39, 0.29) is 11.5 Å². The van der Waals surface area contributed by atoms with Crippen molar-refractivity contribution in [3.63, 3.8) is 0 Å². The van der Waals surface area contributed by atoms with Gasteiger partial charge in [0.2, 0.25) is 0 Å². The second kappa shape index (κ2) is 12.1. The molecule has 1 aliphatic rings. The molecule has 0 spiro atoms. The topological polar surface area (TPSA) is 76.1 Å². The normalized spacial score (nSPS) is 15.2. The molecule has 1 amide bonds. The van der Waals surface area contributed by atoms with Gasteiger partial charge in [0, 0.05) is 0 Å². The van der Waals surface area contributed by atoms with Gasteiger partial charge in [-0.05, 0) is 72.0 Å². The largest absolute Gasteiger partial charge is 0.490 e. The first-order chi connectivity index (χ1) is 17.9. The Bertz CT molecular complexity index is 1320. The SMILES string of the molecule is CC[C@@H](C)c1ccc(OCCOc2ccc(/C=C3\SC(=S)N(c4cccc(C(=O)O)c4)C3=O)cc2)cc1. The van der Waals surface area contributed by atoms with Gasteiger partial charge >= 0.3 is 5.97 Å². The van der Waals surface area contributed by atoms with Crippen LogP contribution in [-0.4, -0.2) is 34.5 Å². The molecular formula is C29H27NO5S2. The monoisotopic (exact) mass is 533 g/mol. The summed E-state index contributed by atoms with van der Waals surface area (Å²) in [7, 11) is 0. The lowest BCUT2D eigenvalue weighted by molar-refractivity contribution is -0.113.